The van der Waals surface area contributed by atoms with Crippen LogP contribution >= 0.6 is 0 Å². The molecule has 1 aromatic carbocycles. The van der Waals surface area contributed by atoms with Crippen molar-refractivity contribution in [2.24, 2.45) is 10.9 Å². The molecule has 0 aliphatic heterocycles. The summed E-state index contributed by atoms with van der Waals surface area (Å²) < 4.78 is 5.16. The first-order valence-electron chi connectivity index (χ1n) is 6.99. The van der Waals surface area contributed by atoms with Crippen LogP contribution in [0.3, 0.4) is 0 Å². The standard InChI is InChI=1S/C19H17NO/c1-14(20-18-9-11-19(21-2)12-10-18)16-8-7-15-5-3-4-6-17(15)13-16/h3-7,9-13,15H,1-2H3. The summed E-state index contributed by atoms with van der Waals surface area (Å²) in [4.78, 5) is 4.65. The molecule has 0 heterocycles. The molecule has 104 valence electrons. The van der Waals surface area contributed by atoms with Gasteiger partial charge in [-0.25, -0.2) is 0 Å². The van der Waals surface area contributed by atoms with Crippen molar-refractivity contribution >= 4 is 11.4 Å². The predicted molar refractivity (Wildman–Crippen MR) is 87.2 cm³/mol. The smallest absolute Gasteiger partial charge is 0.119 e. The fourth-order valence-corrected chi connectivity index (χ4v) is 2.38. The minimum absolute atomic E-state index is 0.354. The fourth-order valence-electron chi connectivity index (χ4n) is 2.38. The number of aliphatic imine (C=N–C) groups is 1. The van der Waals surface area contributed by atoms with E-state index in [4.69, 9.17) is 4.74 Å². The van der Waals surface area contributed by atoms with Gasteiger partial charge in [0.05, 0.1) is 18.5 Å². The summed E-state index contributed by atoms with van der Waals surface area (Å²) in [6, 6.07) is 7.74. The van der Waals surface area contributed by atoms with E-state index in [1.807, 2.05) is 31.2 Å². The highest BCUT2D eigenvalue weighted by molar-refractivity contribution is 6.02. The van der Waals surface area contributed by atoms with Gasteiger partial charge in [0.2, 0.25) is 0 Å². The maximum absolute atomic E-state index is 5.16. The molecule has 2 aliphatic carbocycles. The molecule has 2 aliphatic rings. The van der Waals surface area contributed by atoms with Crippen LogP contribution in [0.15, 0.2) is 82.6 Å². The number of hydrogen-bond acceptors (Lipinski definition) is 2. The molecule has 1 aromatic rings. The Hall–Kier alpha value is -2.57. The van der Waals surface area contributed by atoms with Crippen molar-refractivity contribution in [2.75, 3.05) is 7.11 Å². The first-order valence-corrected chi connectivity index (χ1v) is 6.99. The Bertz CT molecular complexity index is 723. The van der Waals surface area contributed by atoms with E-state index in [-0.39, 0.29) is 0 Å². The Labute approximate surface area is 125 Å². The van der Waals surface area contributed by atoms with Crippen LogP contribution in [0.2, 0.25) is 0 Å². The highest BCUT2D eigenvalue weighted by atomic mass is 16.5. The number of nitrogens with zero attached hydrogens (tertiary/aromatic N) is 1. The van der Waals surface area contributed by atoms with Crippen molar-refractivity contribution in [1.82, 2.24) is 0 Å². The van der Waals surface area contributed by atoms with E-state index in [2.05, 4.69) is 47.2 Å². The Morgan fingerprint density at radius 2 is 2.00 bits per heavy atom. The molecule has 0 spiro atoms. The van der Waals surface area contributed by atoms with E-state index in [0.29, 0.717) is 5.92 Å². The number of ether oxygens (including phenoxy) is 1. The van der Waals surface area contributed by atoms with Crippen LogP contribution in [0.1, 0.15) is 6.92 Å². The lowest BCUT2D eigenvalue weighted by Crippen LogP contribution is -2.04. The van der Waals surface area contributed by atoms with Crippen LogP contribution in [0.4, 0.5) is 5.69 Å². The Morgan fingerprint density at radius 3 is 2.76 bits per heavy atom. The molecule has 0 radical (unpaired) electrons. The Kier molecular flexibility index (Phi) is 3.72. The van der Waals surface area contributed by atoms with E-state index < -0.39 is 0 Å². The number of allylic oxidation sites excluding steroid dienone is 7. The summed E-state index contributed by atoms with van der Waals surface area (Å²) in [5.74, 6) is 1.19. The lowest BCUT2D eigenvalue weighted by atomic mass is 9.89. The van der Waals surface area contributed by atoms with E-state index in [1.165, 1.54) is 5.57 Å². The van der Waals surface area contributed by atoms with E-state index in [0.717, 1.165) is 22.7 Å². The molecule has 0 saturated carbocycles. The van der Waals surface area contributed by atoms with Crippen LogP contribution in [0.25, 0.3) is 0 Å². The molecule has 21 heavy (non-hydrogen) atoms. The summed E-state index contributed by atoms with van der Waals surface area (Å²) in [6.45, 7) is 2.01. The van der Waals surface area contributed by atoms with Crippen molar-refractivity contribution in [1.29, 1.82) is 0 Å². The van der Waals surface area contributed by atoms with Gasteiger partial charge in [-0.15, -0.1) is 5.73 Å². The predicted octanol–water partition coefficient (Wildman–Crippen LogP) is 4.55. The largest absolute Gasteiger partial charge is 0.497 e. The van der Waals surface area contributed by atoms with Gasteiger partial charge in [-0.05, 0) is 48.9 Å². The van der Waals surface area contributed by atoms with Gasteiger partial charge in [-0.2, -0.15) is 0 Å². The molecule has 0 bridgehead atoms. The lowest BCUT2D eigenvalue weighted by Gasteiger charge is -2.16. The molecule has 0 fully saturated rings. The number of rotatable bonds is 3. The van der Waals surface area contributed by atoms with Gasteiger partial charge in [-0.3, -0.25) is 4.99 Å². The fraction of sp³-hybridized carbons (Fsp3) is 0.158. The molecule has 0 N–H and O–H groups in total. The molecule has 3 rings (SSSR count). The minimum Gasteiger partial charge on any atom is -0.497 e. The van der Waals surface area contributed by atoms with Gasteiger partial charge in [0.1, 0.15) is 5.75 Å². The molecule has 2 heteroatoms. The summed E-state index contributed by atoms with van der Waals surface area (Å²) >= 11 is 0. The summed E-state index contributed by atoms with van der Waals surface area (Å²) in [6.07, 6.45) is 12.7. The average Bonchev–Trinajstić information content (AvgIpc) is 2.55. The maximum Gasteiger partial charge on any atom is 0.119 e. The quantitative estimate of drug-likeness (QED) is 0.585. The Balaban J connectivity index is 1.88. The third-order valence-corrected chi connectivity index (χ3v) is 3.59. The molecular formula is C19H17NO. The van der Waals surface area contributed by atoms with Crippen molar-refractivity contribution < 1.29 is 4.74 Å². The first-order chi connectivity index (χ1) is 10.3. The molecular weight excluding hydrogens is 258 g/mol. The highest BCUT2D eigenvalue weighted by Gasteiger charge is 2.13. The molecule has 1 unspecified atom stereocenters. The summed E-state index contributed by atoms with van der Waals surface area (Å²) in [7, 11) is 1.66. The third-order valence-electron chi connectivity index (χ3n) is 3.59. The molecule has 1 atom stereocenters. The number of benzene rings is 1. The van der Waals surface area contributed by atoms with Crippen LogP contribution < -0.4 is 4.74 Å². The molecule has 0 amide bonds. The second kappa shape index (κ2) is 5.82. The lowest BCUT2D eigenvalue weighted by molar-refractivity contribution is 0.415. The summed E-state index contributed by atoms with van der Waals surface area (Å²) in [5, 5.41) is 0. The zero-order valence-corrected chi connectivity index (χ0v) is 12.2. The van der Waals surface area contributed by atoms with Crippen molar-refractivity contribution in [3.8, 4) is 5.75 Å². The zero-order valence-electron chi connectivity index (χ0n) is 12.2. The summed E-state index contributed by atoms with van der Waals surface area (Å²) in [5.41, 5.74) is 7.54. The van der Waals surface area contributed by atoms with Gasteiger partial charge in [0.25, 0.3) is 0 Å². The van der Waals surface area contributed by atoms with Crippen molar-refractivity contribution in [2.45, 2.75) is 6.92 Å². The molecule has 0 saturated heterocycles. The zero-order chi connectivity index (χ0) is 14.7. The minimum atomic E-state index is 0.354. The number of fused-ring (bicyclic) bond motifs is 1. The maximum atomic E-state index is 5.16. The van der Waals surface area contributed by atoms with Crippen LogP contribution in [0, 0.1) is 5.92 Å². The normalized spacial score (nSPS) is 19.9. The van der Waals surface area contributed by atoms with Crippen LogP contribution in [-0.4, -0.2) is 12.8 Å². The van der Waals surface area contributed by atoms with E-state index >= 15 is 0 Å². The van der Waals surface area contributed by atoms with Crippen molar-refractivity contribution in [3.63, 3.8) is 0 Å². The average molecular weight is 275 g/mol. The SMILES string of the molecule is COc1ccc(N=C(C)C2=C=CC3C=CC=CC3=C2)cc1. The third kappa shape index (κ3) is 2.96. The Morgan fingerprint density at radius 1 is 1.19 bits per heavy atom. The van der Waals surface area contributed by atoms with E-state index in [1.54, 1.807) is 7.11 Å². The second-order valence-electron chi connectivity index (χ2n) is 5.03. The van der Waals surface area contributed by atoms with Crippen LogP contribution in [0.5, 0.6) is 5.75 Å². The van der Waals surface area contributed by atoms with Gasteiger partial charge >= 0.3 is 0 Å². The number of methoxy groups -OCH3 is 1. The monoisotopic (exact) mass is 275 g/mol. The topological polar surface area (TPSA) is 21.6 Å². The number of hydrogen-bond donors (Lipinski definition) is 0. The van der Waals surface area contributed by atoms with Gasteiger partial charge in [-0.1, -0.05) is 24.3 Å². The van der Waals surface area contributed by atoms with Gasteiger partial charge in [0.15, 0.2) is 0 Å². The van der Waals surface area contributed by atoms with E-state index in [9.17, 15) is 0 Å². The van der Waals surface area contributed by atoms with Gasteiger partial charge in [0, 0.05) is 11.5 Å². The molecule has 0 aromatic heterocycles. The first kappa shape index (κ1) is 13.4. The van der Waals surface area contributed by atoms with Crippen molar-refractivity contribution in [3.05, 3.63) is 77.6 Å². The highest BCUT2D eigenvalue weighted by Crippen LogP contribution is 2.26. The molecule has 2 nitrogen and oxygen atoms in total. The van der Waals surface area contributed by atoms with Crippen LogP contribution in [-0.2, 0) is 0 Å². The van der Waals surface area contributed by atoms with Gasteiger partial charge < -0.3 is 4.74 Å². The second-order valence-corrected chi connectivity index (χ2v) is 5.03.